The summed E-state index contributed by atoms with van der Waals surface area (Å²) >= 11 is 0. The van der Waals surface area contributed by atoms with E-state index in [1.807, 2.05) is 4.90 Å². The van der Waals surface area contributed by atoms with E-state index < -0.39 is 5.79 Å². The minimum absolute atomic E-state index is 0.0519. The van der Waals surface area contributed by atoms with E-state index >= 15 is 0 Å². The number of carbonyl (C=O) groups is 2. The molecule has 1 amide bonds. The molecule has 0 atom stereocenters. The number of rotatable bonds is 2. The number of esters is 1. The highest BCUT2D eigenvalue weighted by atomic mass is 16.7. The monoisotopic (exact) mass is 311 g/mol. The van der Waals surface area contributed by atoms with Crippen molar-refractivity contribution in [1.29, 1.82) is 0 Å². The van der Waals surface area contributed by atoms with E-state index in [1.54, 1.807) is 0 Å². The fourth-order valence-electron chi connectivity index (χ4n) is 3.85. The van der Waals surface area contributed by atoms with E-state index in [9.17, 15) is 9.59 Å². The van der Waals surface area contributed by atoms with E-state index in [2.05, 4.69) is 0 Å². The lowest BCUT2D eigenvalue weighted by atomic mass is 9.83. The highest BCUT2D eigenvalue weighted by Crippen LogP contribution is 2.39. The highest BCUT2D eigenvalue weighted by Gasteiger charge is 2.43. The molecular weight excluding hydrogens is 286 g/mol. The normalized spacial score (nSPS) is 26.3. The van der Waals surface area contributed by atoms with Crippen LogP contribution in [0.2, 0.25) is 0 Å². The summed E-state index contributed by atoms with van der Waals surface area (Å²) in [7, 11) is 1.42. The fourth-order valence-corrected chi connectivity index (χ4v) is 3.85. The smallest absolute Gasteiger partial charge is 0.308 e. The average Bonchev–Trinajstić information content (AvgIpc) is 3.02. The summed E-state index contributed by atoms with van der Waals surface area (Å²) in [5, 5.41) is 0. The largest absolute Gasteiger partial charge is 0.469 e. The van der Waals surface area contributed by atoms with Crippen molar-refractivity contribution in [3.63, 3.8) is 0 Å². The molecule has 0 radical (unpaired) electrons. The third-order valence-electron chi connectivity index (χ3n) is 5.25. The van der Waals surface area contributed by atoms with Crippen LogP contribution in [0, 0.1) is 11.8 Å². The molecule has 22 heavy (non-hydrogen) atoms. The van der Waals surface area contributed by atoms with E-state index in [0.29, 0.717) is 39.1 Å². The third kappa shape index (κ3) is 3.13. The van der Waals surface area contributed by atoms with Crippen LogP contribution in [-0.2, 0) is 23.8 Å². The minimum atomic E-state index is -0.408. The van der Waals surface area contributed by atoms with Crippen LogP contribution in [-0.4, -0.2) is 56.0 Å². The first-order valence-corrected chi connectivity index (χ1v) is 8.28. The molecule has 1 saturated carbocycles. The highest BCUT2D eigenvalue weighted by molar-refractivity contribution is 5.79. The predicted molar refractivity (Wildman–Crippen MR) is 77.9 cm³/mol. The zero-order valence-electron chi connectivity index (χ0n) is 13.2. The van der Waals surface area contributed by atoms with E-state index in [4.69, 9.17) is 14.2 Å². The molecule has 2 heterocycles. The van der Waals surface area contributed by atoms with Gasteiger partial charge in [-0.1, -0.05) is 0 Å². The van der Waals surface area contributed by atoms with E-state index in [1.165, 1.54) is 7.11 Å². The maximum Gasteiger partial charge on any atom is 0.308 e. The van der Waals surface area contributed by atoms with Crippen LogP contribution < -0.4 is 0 Å². The van der Waals surface area contributed by atoms with Crippen molar-refractivity contribution >= 4 is 11.9 Å². The third-order valence-corrected chi connectivity index (χ3v) is 5.25. The second-order valence-electron chi connectivity index (χ2n) is 6.50. The summed E-state index contributed by atoms with van der Waals surface area (Å²) in [4.78, 5) is 26.1. The molecule has 1 aliphatic carbocycles. The summed E-state index contributed by atoms with van der Waals surface area (Å²) in [6.45, 7) is 2.65. The summed E-state index contributed by atoms with van der Waals surface area (Å²) in [5.41, 5.74) is 0. The number of carbonyl (C=O) groups excluding carboxylic acids is 2. The molecule has 0 aromatic heterocycles. The van der Waals surface area contributed by atoms with Crippen molar-refractivity contribution in [2.75, 3.05) is 33.4 Å². The van der Waals surface area contributed by atoms with Gasteiger partial charge in [-0.05, 0) is 25.7 Å². The van der Waals surface area contributed by atoms with Crippen LogP contribution in [0.5, 0.6) is 0 Å². The maximum absolute atomic E-state index is 12.6. The SMILES string of the molecule is COC(=O)C1CCN(C(=O)C2CCC3(CC2)OCCO3)CC1. The number of likely N-dealkylation sites (tertiary alicyclic amines) is 1. The van der Waals surface area contributed by atoms with Gasteiger partial charge in [-0.25, -0.2) is 0 Å². The van der Waals surface area contributed by atoms with Crippen LogP contribution in [0.3, 0.4) is 0 Å². The summed E-state index contributed by atoms with van der Waals surface area (Å²) in [6, 6.07) is 0. The lowest BCUT2D eigenvalue weighted by Crippen LogP contribution is -2.45. The van der Waals surface area contributed by atoms with Crippen molar-refractivity contribution in [3.8, 4) is 0 Å². The van der Waals surface area contributed by atoms with Crippen LogP contribution in [0.4, 0.5) is 0 Å². The van der Waals surface area contributed by atoms with Gasteiger partial charge in [0, 0.05) is 31.8 Å². The number of hydrogen-bond acceptors (Lipinski definition) is 5. The first-order chi connectivity index (χ1) is 10.6. The zero-order chi connectivity index (χ0) is 15.6. The molecule has 0 aromatic rings. The van der Waals surface area contributed by atoms with E-state index in [-0.39, 0.29) is 23.7 Å². The van der Waals surface area contributed by atoms with Crippen molar-refractivity contribution in [2.45, 2.75) is 44.3 Å². The summed E-state index contributed by atoms with van der Waals surface area (Å²) < 4.78 is 16.2. The molecule has 124 valence electrons. The maximum atomic E-state index is 12.6. The molecule has 6 heteroatoms. The molecule has 1 spiro atoms. The van der Waals surface area contributed by atoms with Gasteiger partial charge in [0.25, 0.3) is 0 Å². The van der Waals surface area contributed by atoms with Gasteiger partial charge >= 0.3 is 5.97 Å². The Hall–Kier alpha value is -1.14. The second kappa shape index (κ2) is 6.54. The molecule has 0 unspecified atom stereocenters. The Bertz CT molecular complexity index is 414. The number of ether oxygens (including phenoxy) is 3. The van der Waals surface area contributed by atoms with Gasteiger partial charge in [-0.15, -0.1) is 0 Å². The zero-order valence-corrected chi connectivity index (χ0v) is 13.2. The Kier molecular flexibility index (Phi) is 4.68. The quantitative estimate of drug-likeness (QED) is 0.720. The fraction of sp³-hybridized carbons (Fsp3) is 0.875. The molecule has 3 aliphatic rings. The number of hydrogen-bond donors (Lipinski definition) is 0. The van der Waals surface area contributed by atoms with E-state index in [0.717, 1.165) is 25.7 Å². The van der Waals surface area contributed by atoms with Crippen molar-refractivity contribution < 1.29 is 23.8 Å². The first kappa shape index (κ1) is 15.7. The van der Waals surface area contributed by atoms with Crippen molar-refractivity contribution in [3.05, 3.63) is 0 Å². The second-order valence-corrected chi connectivity index (χ2v) is 6.50. The van der Waals surface area contributed by atoms with Gasteiger partial charge in [0.15, 0.2) is 5.79 Å². The lowest BCUT2D eigenvalue weighted by molar-refractivity contribution is -0.185. The standard InChI is InChI=1S/C16H25NO5/c1-20-15(19)13-4-8-17(9-5-13)14(18)12-2-6-16(7-3-12)21-10-11-22-16/h12-13H,2-11H2,1H3. The Labute approximate surface area is 131 Å². The average molecular weight is 311 g/mol. The van der Waals surface area contributed by atoms with Gasteiger partial charge in [-0.3, -0.25) is 9.59 Å². The number of methoxy groups -OCH3 is 1. The number of nitrogens with zero attached hydrogens (tertiary/aromatic N) is 1. The summed E-state index contributed by atoms with van der Waals surface area (Å²) in [6.07, 6.45) is 4.69. The van der Waals surface area contributed by atoms with Gasteiger partial charge in [-0.2, -0.15) is 0 Å². The molecule has 2 saturated heterocycles. The van der Waals surface area contributed by atoms with Crippen LogP contribution in [0.25, 0.3) is 0 Å². The van der Waals surface area contributed by atoms with Crippen LogP contribution >= 0.6 is 0 Å². The first-order valence-electron chi connectivity index (χ1n) is 8.28. The van der Waals surface area contributed by atoms with Gasteiger partial charge in [0.1, 0.15) is 0 Å². The van der Waals surface area contributed by atoms with Crippen LogP contribution in [0.1, 0.15) is 38.5 Å². The molecular formula is C16H25NO5. The Morgan fingerprint density at radius 2 is 1.59 bits per heavy atom. The van der Waals surface area contributed by atoms with Gasteiger partial charge in [0.2, 0.25) is 5.91 Å². The molecule has 6 nitrogen and oxygen atoms in total. The lowest BCUT2D eigenvalue weighted by Gasteiger charge is -2.38. The Morgan fingerprint density at radius 3 is 2.14 bits per heavy atom. The van der Waals surface area contributed by atoms with Crippen molar-refractivity contribution in [2.24, 2.45) is 11.8 Å². The Balaban J connectivity index is 1.48. The molecule has 3 rings (SSSR count). The summed E-state index contributed by atoms with van der Waals surface area (Å²) in [5.74, 6) is -0.301. The van der Waals surface area contributed by atoms with Crippen LogP contribution in [0.15, 0.2) is 0 Å². The van der Waals surface area contributed by atoms with Gasteiger partial charge < -0.3 is 19.1 Å². The van der Waals surface area contributed by atoms with Crippen molar-refractivity contribution in [1.82, 2.24) is 4.90 Å². The predicted octanol–water partition coefficient (Wildman–Crippen LogP) is 1.33. The molecule has 2 aliphatic heterocycles. The molecule has 0 bridgehead atoms. The molecule has 0 aromatic carbocycles. The van der Waals surface area contributed by atoms with Gasteiger partial charge in [0.05, 0.1) is 26.2 Å². The molecule has 0 N–H and O–H groups in total. The number of amides is 1. The Morgan fingerprint density at radius 1 is 1.00 bits per heavy atom. The minimum Gasteiger partial charge on any atom is -0.469 e. The number of piperidine rings is 1. The molecule has 3 fully saturated rings. The topological polar surface area (TPSA) is 65.1 Å².